The maximum atomic E-state index is 12.6. The Morgan fingerprint density at radius 3 is 2.16 bits per heavy atom. The van der Waals surface area contributed by atoms with E-state index in [1.807, 2.05) is 0 Å². The maximum Gasteiger partial charge on any atom is 0.253 e. The molecule has 3 rings (SSSR count). The van der Waals surface area contributed by atoms with Gasteiger partial charge in [0.15, 0.2) is 23.0 Å². The van der Waals surface area contributed by atoms with Gasteiger partial charge < -0.3 is 30.0 Å². The van der Waals surface area contributed by atoms with Gasteiger partial charge in [-0.25, -0.2) is 0 Å². The van der Waals surface area contributed by atoms with Crippen molar-refractivity contribution in [2.75, 3.05) is 53.8 Å². The molecule has 0 aromatic heterocycles. The first-order valence-electron chi connectivity index (χ1n) is 10.3. The maximum absolute atomic E-state index is 12.6. The zero-order valence-corrected chi connectivity index (χ0v) is 18.6. The lowest BCUT2D eigenvalue weighted by Gasteiger charge is -2.29. The third-order valence-corrected chi connectivity index (χ3v) is 5.53. The van der Waals surface area contributed by atoms with Crippen LogP contribution in [0.25, 0.3) is 0 Å². The minimum atomic E-state index is -0.223. The van der Waals surface area contributed by atoms with Crippen LogP contribution in [-0.4, -0.2) is 58.9 Å². The molecule has 0 saturated carbocycles. The van der Waals surface area contributed by atoms with E-state index >= 15 is 0 Å². The first kappa shape index (κ1) is 22.6. The molecule has 1 heterocycles. The van der Waals surface area contributed by atoms with E-state index in [4.69, 9.17) is 24.7 Å². The Morgan fingerprint density at radius 2 is 1.52 bits per heavy atom. The molecule has 0 atom stereocenters. The minimum absolute atomic E-state index is 0.223. The molecule has 0 fully saturated rings. The van der Waals surface area contributed by atoms with E-state index in [1.54, 1.807) is 26.4 Å². The second-order valence-corrected chi connectivity index (χ2v) is 7.41. The number of carbonyl (C=O) groups is 1. The third-order valence-electron chi connectivity index (χ3n) is 5.53. The number of hydrogen-bond donors (Lipinski definition) is 2. The van der Waals surface area contributed by atoms with Gasteiger partial charge in [-0.1, -0.05) is 0 Å². The number of nitrogens with one attached hydrogen (secondary N) is 1. The van der Waals surface area contributed by atoms with Crippen LogP contribution in [0.5, 0.6) is 23.0 Å². The second kappa shape index (κ2) is 10.3. The van der Waals surface area contributed by atoms with E-state index in [2.05, 4.69) is 22.3 Å². The van der Waals surface area contributed by atoms with Gasteiger partial charge in [-0.15, -0.1) is 0 Å². The van der Waals surface area contributed by atoms with Gasteiger partial charge in [0.05, 0.1) is 34.0 Å². The molecular formula is C23H31N3O5. The van der Waals surface area contributed by atoms with Crippen molar-refractivity contribution in [2.45, 2.75) is 19.4 Å². The molecule has 8 nitrogen and oxygen atoms in total. The number of nitrogens with two attached hydrogens (primary N) is 1. The third kappa shape index (κ3) is 5.14. The number of fused-ring (bicyclic) bond motifs is 1. The van der Waals surface area contributed by atoms with E-state index < -0.39 is 0 Å². The summed E-state index contributed by atoms with van der Waals surface area (Å²) in [5, 5.41) is 2.94. The van der Waals surface area contributed by atoms with Crippen molar-refractivity contribution < 1.29 is 23.7 Å². The average Bonchev–Trinajstić information content (AvgIpc) is 2.80. The van der Waals surface area contributed by atoms with Crippen LogP contribution < -0.4 is 30.0 Å². The predicted molar refractivity (Wildman–Crippen MR) is 119 cm³/mol. The zero-order chi connectivity index (χ0) is 22.4. The summed E-state index contributed by atoms with van der Waals surface area (Å²) in [6.45, 7) is 3.27. The largest absolute Gasteiger partial charge is 0.493 e. The summed E-state index contributed by atoms with van der Waals surface area (Å²) in [5.74, 6) is 2.27. The standard InChI is InChI=1S/C23H31N3O5/c1-28-19-10-15-6-9-26(14-16(15)11-20(19)29-2)8-5-7-25-23(27)17-12-21(30-3)22(31-4)13-18(17)24/h10-13H,5-9,14,24H2,1-4H3,(H,25,27). The van der Waals surface area contributed by atoms with Gasteiger partial charge in [-0.05, 0) is 42.2 Å². The lowest BCUT2D eigenvalue weighted by Crippen LogP contribution is -2.34. The number of nitrogen functional groups attached to an aromatic ring is 1. The number of nitrogens with zero attached hydrogens (tertiary/aromatic N) is 1. The van der Waals surface area contributed by atoms with Crippen LogP contribution in [0.4, 0.5) is 5.69 Å². The van der Waals surface area contributed by atoms with Gasteiger partial charge in [0.2, 0.25) is 0 Å². The van der Waals surface area contributed by atoms with Crippen LogP contribution in [0.15, 0.2) is 24.3 Å². The van der Waals surface area contributed by atoms with Gasteiger partial charge in [0, 0.05) is 37.9 Å². The van der Waals surface area contributed by atoms with Crippen molar-refractivity contribution in [1.82, 2.24) is 10.2 Å². The van der Waals surface area contributed by atoms with Gasteiger partial charge in [0.1, 0.15) is 0 Å². The summed E-state index contributed by atoms with van der Waals surface area (Å²) in [7, 11) is 6.36. The fourth-order valence-corrected chi connectivity index (χ4v) is 3.82. The number of methoxy groups -OCH3 is 4. The molecule has 0 saturated heterocycles. The highest BCUT2D eigenvalue weighted by Crippen LogP contribution is 2.33. The normalized spacial score (nSPS) is 13.3. The molecular weight excluding hydrogens is 398 g/mol. The van der Waals surface area contributed by atoms with E-state index in [1.165, 1.54) is 25.3 Å². The molecule has 1 amide bonds. The van der Waals surface area contributed by atoms with Crippen molar-refractivity contribution in [1.29, 1.82) is 0 Å². The number of anilines is 1. The molecule has 1 aliphatic heterocycles. The lowest BCUT2D eigenvalue weighted by atomic mass is 9.98. The Kier molecular flexibility index (Phi) is 7.46. The Morgan fingerprint density at radius 1 is 0.935 bits per heavy atom. The summed E-state index contributed by atoms with van der Waals surface area (Å²) in [4.78, 5) is 14.9. The van der Waals surface area contributed by atoms with E-state index in [0.29, 0.717) is 29.3 Å². The molecule has 8 heteroatoms. The average molecular weight is 430 g/mol. The molecule has 2 aromatic rings. The number of amides is 1. The van der Waals surface area contributed by atoms with Crippen LogP contribution in [0, 0.1) is 0 Å². The fraction of sp³-hybridized carbons (Fsp3) is 0.435. The van der Waals surface area contributed by atoms with Crippen molar-refractivity contribution in [3.8, 4) is 23.0 Å². The quantitative estimate of drug-likeness (QED) is 0.467. The molecule has 1 aliphatic rings. The SMILES string of the molecule is COc1cc(N)c(C(=O)NCCCN2CCc3cc(OC)c(OC)cc3C2)cc1OC. The Balaban J connectivity index is 1.52. The number of ether oxygens (including phenoxy) is 4. The zero-order valence-electron chi connectivity index (χ0n) is 18.6. The van der Waals surface area contributed by atoms with Gasteiger partial charge >= 0.3 is 0 Å². The molecule has 0 aliphatic carbocycles. The van der Waals surface area contributed by atoms with Crippen LogP contribution in [0.3, 0.4) is 0 Å². The smallest absolute Gasteiger partial charge is 0.253 e. The Bertz CT molecular complexity index is 932. The molecule has 0 spiro atoms. The second-order valence-electron chi connectivity index (χ2n) is 7.41. The molecule has 3 N–H and O–H groups in total. The van der Waals surface area contributed by atoms with Crippen molar-refractivity contribution in [3.63, 3.8) is 0 Å². The Hall–Kier alpha value is -3.13. The monoisotopic (exact) mass is 429 g/mol. The molecule has 0 bridgehead atoms. The molecule has 168 valence electrons. The number of rotatable bonds is 9. The van der Waals surface area contributed by atoms with Gasteiger partial charge in [0.25, 0.3) is 5.91 Å². The highest BCUT2D eigenvalue weighted by Gasteiger charge is 2.19. The Labute approximate surface area is 183 Å². The number of hydrogen-bond acceptors (Lipinski definition) is 7. The van der Waals surface area contributed by atoms with Crippen molar-refractivity contribution >= 4 is 11.6 Å². The summed E-state index contributed by atoms with van der Waals surface area (Å²) >= 11 is 0. The molecule has 31 heavy (non-hydrogen) atoms. The van der Waals surface area contributed by atoms with Crippen LogP contribution >= 0.6 is 0 Å². The van der Waals surface area contributed by atoms with Crippen LogP contribution in [0.2, 0.25) is 0 Å². The highest BCUT2D eigenvalue weighted by atomic mass is 16.5. The van der Waals surface area contributed by atoms with Crippen molar-refractivity contribution in [2.24, 2.45) is 0 Å². The van der Waals surface area contributed by atoms with Gasteiger partial charge in [-0.2, -0.15) is 0 Å². The first-order chi connectivity index (χ1) is 15.0. The summed E-state index contributed by atoms with van der Waals surface area (Å²) in [5.41, 5.74) is 9.30. The summed E-state index contributed by atoms with van der Waals surface area (Å²) in [6.07, 6.45) is 1.80. The lowest BCUT2D eigenvalue weighted by molar-refractivity contribution is 0.0951. The summed E-state index contributed by atoms with van der Waals surface area (Å²) < 4.78 is 21.3. The van der Waals surface area contributed by atoms with E-state index in [-0.39, 0.29) is 5.91 Å². The van der Waals surface area contributed by atoms with Gasteiger partial charge in [-0.3, -0.25) is 9.69 Å². The number of carbonyl (C=O) groups excluding carboxylic acids is 1. The van der Waals surface area contributed by atoms with Crippen LogP contribution in [0.1, 0.15) is 27.9 Å². The van der Waals surface area contributed by atoms with E-state index in [9.17, 15) is 4.79 Å². The molecule has 0 radical (unpaired) electrons. The highest BCUT2D eigenvalue weighted by molar-refractivity contribution is 6.00. The first-order valence-corrected chi connectivity index (χ1v) is 10.3. The summed E-state index contributed by atoms with van der Waals surface area (Å²) in [6, 6.07) is 7.33. The molecule has 2 aromatic carbocycles. The van der Waals surface area contributed by atoms with Crippen molar-refractivity contribution in [3.05, 3.63) is 41.0 Å². The van der Waals surface area contributed by atoms with Crippen LogP contribution in [-0.2, 0) is 13.0 Å². The number of benzene rings is 2. The molecule has 0 unspecified atom stereocenters. The fourth-order valence-electron chi connectivity index (χ4n) is 3.82. The topological polar surface area (TPSA) is 95.3 Å². The minimum Gasteiger partial charge on any atom is -0.493 e. The predicted octanol–water partition coefficient (Wildman–Crippen LogP) is 2.48. The van der Waals surface area contributed by atoms with E-state index in [0.717, 1.165) is 44.0 Å².